The van der Waals surface area contributed by atoms with E-state index in [9.17, 15) is 9.90 Å². The Morgan fingerprint density at radius 3 is 2.79 bits per heavy atom. The minimum Gasteiger partial charge on any atom is -0.398 e. The number of anilines is 1. The molecule has 1 fully saturated rings. The second-order valence-corrected chi connectivity index (χ2v) is 5.88. The van der Waals surface area contributed by atoms with Crippen LogP contribution in [0.5, 0.6) is 0 Å². The summed E-state index contributed by atoms with van der Waals surface area (Å²) in [6.07, 6.45) is 4.36. The monoisotopic (exact) mass is 326 g/mol. The smallest absolute Gasteiger partial charge is 0.251 e. The number of carbonyl (C=O) groups is 1. The summed E-state index contributed by atoms with van der Waals surface area (Å²) in [5.74, 6) is -0.161. The molecule has 1 aromatic rings. The van der Waals surface area contributed by atoms with E-state index in [-0.39, 0.29) is 11.9 Å². The molecule has 19 heavy (non-hydrogen) atoms. The molecule has 1 aliphatic carbocycles. The van der Waals surface area contributed by atoms with Gasteiger partial charge in [0.25, 0.3) is 5.91 Å². The third-order valence-electron chi connectivity index (χ3n) is 3.56. The van der Waals surface area contributed by atoms with Gasteiger partial charge in [-0.2, -0.15) is 0 Å². The minimum atomic E-state index is -0.441. The average Bonchev–Trinajstić information content (AvgIpc) is 2.58. The molecule has 5 heteroatoms. The number of halogens is 1. The van der Waals surface area contributed by atoms with E-state index in [0.717, 1.165) is 32.1 Å². The molecule has 1 aliphatic rings. The molecule has 2 unspecified atom stereocenters. The Morgan fingerprint density at radius 2 is 2.05 bits per heavy atom. The number of aliphatic hydroxyl groups excluding tert-OH is 1. The first-order valence-corrected chi connectivity index (χ1v) is 7.41. The summed E-state index contributed by atoms with van der Waals surface area (Å²) in [5.41, 5.74) is 6.85. The van der Waals surface area contributed by atoms with Gasteiger partial charge in [0.2, 0.25) is 0 Å². The predicted molar refractivity (Wildman–Crippen MR) is 78.9 cm³/mol. The molecule has 1 saturated carbocycles. The molecule has 4 N–H and O–H groups in total. The third-order valence-corrected chi connectivity index (χ3v) is 4.25. The Morgan fingerprint density at radius 1 is 1.32 bits per heavy atom. The number of nitrogens with one attached hydrogen (secondary N) is 1. The first-order chi connectivity index (χ1) is 9.08. The van der Waals surface area contributed by atoms with Crippen LogP contribution >= 0.6 is 15.9 Å². The Kier molecular flexibility index (Phi) is 4.82. The highest BCUT2D eigenvalue weighted by molar-refractivity contribution is 9.10. The number of aliphatic hydroxyl groups is 1. The lowest BCUT2D eigenvalue weighted by atomic mass is 10.1. The normalized spacial score (nSPS) is 23.7. The molecular formula is C14H19BrN2O2. The van der Waals surface area contributed by atoms with Gasteiger partial charge in [-0.25, -0.2) is 0 Å². The van der Waals surface area contributed by atoms with Crippen LogP contribution in [0.2, 0.25) is 0 Å². The van der Waals surface area contributed by atoms with Crippen LogP contribution in [0.1, 0.15) is 42.5 Å². The summed E-state index contributed by atoms with van der Waals surface area (Å²) in [5, 5.41) is 12.9. The molecule has 0 bridgehead atoms. The van der Waals surface area contributed by atoms with Crippen LogP contribution in [0, 0.1) is 0 Å². The highest BCUT2D eigenvalue weighted by Gasteiger charge is 2.23. The van der Waals surface area contributed by atoms with Crippen molar-refractivity contribution in [3.8, 4) is 0 Å². The average molecular weight is 327 g/mol. The zero-order valence-electron chi connectivity index (χ0n) is 10.7. The molecular weight excluding hydrogens is 308 g/mol. The van der Waals surface area contributed by atoms with Gasteiger partial charge in [-0.15, -0.1) is 0 Å². The maximum Gasteiger partial charge on any atom is 0.251 e. The van der Waals surface area contributed by atoms with Gasteiger partial charge in [-0.05, 0) is 47.0 Å². The molecule has 2 atom stereocenters. The molecule has 2 rings (SSSR count). The topological polar surface area (TPSA) is 75.4 Å². The van der Waals surface area contributed by atoms with Gasteiger partial charge in [0.05, 0.1) is 12.1 Å². The first kappa shape index (κ1) is 14.3. The lowest BCUT2D eigenvalue weighted by Crippen LogP contribution is -2.42. The van der Waals surface area contributed by atoms with Crippen LogP contribution in [-0.4, -0.2) is 23.2 Å². The number of nitrogens with two attached hydrogens (primary N) is 1. The van der Waals surface area contributed by atoms with E-state index in [0.29, 0.717) is 15.7 Å². The summed E-state index contributed by atoms with van der Waals surface area (Å²) in [6, 6.07) is 4.95. The summed E-state index contributed by atoms with van der Waals surface area (Å²) in [7, 11) is 0. The molecule has 104 valence electrons. The van der Waals surface area contributed by atoms with Gasteiger partial charge in [0.15, 0.2) is 0 Å². The molecule has 0 radical (unpaired) electrons. The number of carbonyl (C=O) groups excluding carboxylic acids is 1. The molecule has 0 heterocycles. The van der Waals surface area contributed by atoms with Crippen LogP contribution in [0.3, 0.4) is 0 Å². The lowest BCUT2D eigenvalue weighted by molar-refractivity contribution is 0.0819. The van der Waals surface area contributed by atoms with Gasteiger partial charge in [-0.3, -0.25) is 4.79 Å². The van der Waals surface area contributed by atoms with Crippen LogP contribution in [0.25, 0.3) is 0 Å². The molecule has 0 aromatic heterocycles. The van der Waals surface area contributed by atoms with Crippen molar-refractivity contribution in [1.82, 2.24) is 5.32 Å². The molecule has 1 amide bonds. The fourth-order valence-corrected chi connectivity index (χ4v) is 2.76. The van der Waals surface area contributed by atoms with Crippen molar-refractivity contribution in [3.05, 3.63) is 28.2 Å². The quantitative estimate of drug-likeness (QED) is 0.577. The van der Waals surface area contributed by atoms with E-state index in [4.69, 9.17) is 5.73 Å². The van der Waals surface area contributed by atoms with E-state index in [1.54, 1.807) is 18.2 Å². The Balaban J connectivity index is 2.05. The largest absolute Gasteiger partial charge is 0.398 e. The SMILES string of the molecule is Nc1ccc(C(=O)NC2CCCCCC2O)cc1Br. The summed E-state index contributed by atoms with van der Waals surface area (Å²) < 4.78 is 0.710. The van der Waals surface area contributed by atoms with E-state index in [1.165, 1.54) is 0 Å². The van der Waals surface area contributed by atoms with Crippen LogP contribution < -0.4 is 11.1 Å². The Labute approximate surface area is 121 Å². The van der Waals surface area contributed by atoms with Gasteiger partial charge in [0.1, 0.15) is 0 Å². The van der Waals surface area contributed by atoms with Crippen molar-refractivity contribution in [2.75, 3.05) is 5.73 Å². The second-order valence-electron chi connectivity index (χ2n) is 5.02. The van der Waals surface area contributed by atoms with Crippen molar-refractivity contribution >= 4 is 27.5 Å². The molecule has 0 spiro atoms. The fourth-order valence-electron chi connectivity index (χ4n) is 2.38. The first-order valence-electron chi connectivity index (χ1n) is 6.62. The molecule has 0 saturated heterocycles. The van der Waals surface area contributed by atoms with Crippen molar-refractivity contribution in [1.29, 1.82) is 0 Å². The number of rotatable bonds is 2. The van der Waals surface area contributed by atoms with Crippen LogP contribution in [0.4, 0.5) is 5.69 Å². The van der Waals surface area contributed by atoms with Gasteiger partial charge in [0, 0.05) is 15.7 Å². The van der Waals surface area contributed by atoms with Crippen molar-refractivity contribution in [3.63, 3.8) is 0 Å². The predicted octanol–water partition coefficient (Wildman–Crippen LogP) is 2.45. The number of hydrogen-bond donors (Lipinski definition) is 3. The maximum atomic E-state index is 12.2. The maximum absolute atomic E-state index is 12.2. The van der Waals surface area contributed by atoms with E-state index < -0.39 is 6.10 Å². The fraction of sp³-hybridized carbons (Fsp3) is 0.500. The molecule has 1 aromatic carbocycles. The highest BCUT2D eigenvalue weighted by Crippen LogP contribution is 2.22. The standard InChI is InChI=1S/C14H19BrN2O2/c15-10-8-9(6-7-11(10)16)14(19)17-12-4-2-1-3-5-13(12)18/h6-8,12-13,18H,1-5,16H2,(H,17,19). The zero-order valence-corrected chi connectivity index (χ0v) is 12.3. The van der Waals surface area contributed by atoms with E-state index in [1.807, 2.05) is 0 Å². The Bertz CT molecular complexity index is 465. The van der Waals surface area contributed by atoms with Gasteiger partial charge in [-0.1, -0.05) is 19.3 Å². The highest BCUT2D eigenvalue weighted by atomic mass is 79.9. The summed E-state index contributed by atoms with van der Waals surface area (Å²) in [6.45, 7) is 0. The molecule has 4 nitrogen and oxygen atoms in total. The van der Waals surface area contributed by atoms with E-state index >= 15 is 0 Å². The van der Waals surface area contributed by atoms with Crippen LogP contribution in [-0.2, 0) is 0 Å². The van der Waals surface area contributed by atoms with Crippen molar-refractivity contribution in [2.24, 2.45) is 0 Å². The molecule has 0 aliphatic heterocycles. The van der Waals surface area contributed by atoms with Crippen molar-refractivity contribution in [2.45, 2.75) is 44.2 Å². The summed E-state index contributed by atoms with van der Waals surface area (Å²) >= 11 is 3.31. The number of hydrogen-bond acceptors (Lipinski definition) is 3. The van der Waals surface area contributed by atoms with E-state index in [2.05, 4.69) is 21.2 Å². The van der Waals surface area contributed by atoms with Gasteiger partial charge >= 0.3 is 0 Å². The van der Waals surface area contributed by atoms with Gasteiger partial charge < -0.3 is 16.2 Å². The Hall–Kier alpha value is -1.07. The van der Waals surface area contributed by atoms with Crippen molar-refractivity contribution < 1.29 is 9.90 Å². The summed E-state index contributed by atoms with van der Waals surface area (Å²) in [4.78, 5) is 12.2. The number of amides is 1. The second kappa shape index (κ2) is 6.39. The van der Waals surface area contributed by atoms with Crippen LogP contribution in [0.15, 0.2) is 22.7 Å². The minimum absolute atomic E-state index is 0.147. The number of nitrogen functional groups attached to an aromatic ring is 1. The lowest BCUT2D eigenvalue weighted by Gasteiger charge is -2.21. The zero-order chi connectivity index (χ0) is 13.8. The number of benzene rings is 1. The third kappa shape index (κ3) is 3.70.